The van der Waals surface area contributed by atoms with Gasteiger partial charge in [-0.05, 0) is 35.0 Å². The summed E-state index contributed by atoms with van der Waals surface area (Å²) in [5, 5.41) is -1.13. The molecule has 0 amide bonds. The highest BCUT2D eigenvalue weighted by Crippen LogP contribution is 2.25. The molecule has 0 aliphatic rings. The van der Waals surface area contributed by atoms with E-state index in [0.717, 1.165) is 6.26 Å². The number of aryl methyl sites for hydroxylation is 2. The normalized spacial score (nSPS) is 13.6. The first-order chi connectivity index (χ1) is 9.55. The lowest BCUT2D eigenvalue weighted by Gasteiger charge is -2.10. The fraction of sp³-hybridized carbons (Fsp3) is 0.385. The van der Waals surface area contributed by atoms with Crippen LogP contribution in [0.1, 0.15) is 17.3 Å². The van der Waals surface area contributed by atoms with Gasteiger partial charge < -0.3 is 0 Å². The molecule has 0 aliphatic heterocycles. The number of Topliss-reactive ketones (excluding diaryl/α,β-unsaturated/α-hetero) is 1. The Hall–Kier alpha value is -1.41. The van der Waals surface area contributed by atoms with E-state index < -0.39 is 20.9 Å². The van der Waals surface area contributed by atoms with Gasteiger partial charge in [0.25, 0.3) is 0 Å². The van der Waals surface area contributed by atoms with Gasteiger partial charge in [0.1, 0.15) is 5.25 Å². The summed E-state index contributed by atoms with van der Waals surface area (Å²) < 4.78 is 26.5. The number of aromatic nitrogens is 2. The molecule has 1 unspecified atom stereocenters. The zero-order valence-electron chi connectivity index (χ0n) is 12.0. The fourth-order valence-electron chi connectivity index (χ4n) is 2.12. The average Bonchev–Trinajstić information content (AvgIpc) is 2.60. The monoisotopic (exact) mass is 374 g/mol. The molecule has 0 saturated heterocycles. The molecule has 0 fully saturated rings. The van der Waals surface area contributed by atoms with Crippen molar-refractivity contribution in [3.63, 3.8) is 0 Å². The largest absolute Gasteiger partial charge is 0.328 e. The highest BCUT2D eigenvalue weighted by atomic mass is 79.9. The maximum absolute atomic E-state index is 12.4. The van der Waals surface area contributed by atoms with Crippen LogP contribution in [0.15, 0.2) is 21.4 Å². The molecule has 2 aromatic rings. The number of rotatable bonds is 3. The maximum atomic E-state index is 12.4. The standard InChI is InChI=1S/C13H15BrN2O4S/c1-7(21(4,19)20)12(17)8-5-10-11(6-9(8)14)16(3)13(18)15(10)2/h5-7H,1-4H3. The molecule has 21 heavy (non-hydrogen) atoms. The van der Waals surface area contributed by atoms with Crippen LogP contribution in [0.5, 0.6) is 0 Å². The summed E-state index contributed by atoms with van der Waals surface area (Å²) in [6.45, 7) is 1.36. The molecule has 2 rings (SSSR count). The van der Waals surface area contributed by atoms with Gasteiger partial charge in [0, 0.05) is 30.4 Å². The number of carbonyl (C=O) groups excluding carboxylic acids is 1. The number of hydrogen-bond donors (Lipinski definition) is 0. The van der Waals surface area contributed by atoms with Crippen LogP contribution in [-0.2, 0) is 23.9 Å². The molecule has 8 heteroatoms. The van der Waals surface area contributed by atoms with Gasteiger partial charge >= 0.3 is 5.69 Å². The van der Waals surface area contributed by atoms with Crippen LogP contribution in [-0.4, -0.2) is 34.8 Å². The molecule has 0 radical (unpaired) electrons. The molecule has 1 atom stereocenters. The third kappa shape index (κ3) is 2.57. The Balaban J connectivity index is 2.72. The third-order valence-electron chi connectivity index (χ3n) is 3.64. The minimum Gasteiger partial charge on any atom is -0.295 e. The van der Waals surface area contributed by atoms with Gasteiger partial charge in [-0.3, -0.25) is 13.9 Å². The summed E-state index contributed by atoms with van der Waals surface area (Å²) in [4.78, 5) is 24.3. The van der Waals surface area contributed by atoms with Crippen molar-refractivity contribution in [2.24, 2.45) is 14.1 Å². The second-order valence-corrected chi connectivity index (χ2v) is 8.28. The van der Waals surface area contributed by atoms with Crippen LogP contribution in [0.3, 0.4) is 0 Å². The van der Waals surface area contributed by atoms with E-state index in [1.807, 2.05) is 0 Å². The van der Waals surface area contributed by atoms with Crippen molar-refractivity contribution in [3.05, 3.63) is 32.7 Å². The van der Waals surface area contributed by atoms with E-state index in [4.69, 9.17) is 0 Å². The van der Waals surface area contributed by atoms with Crippen molar-refractivity contribution >= 4 is 42.6 Å². The number of halogens is 1. The highest BCUT2D eigenvalue weighted by Gasteiger charge is 2.27. The van der Waals surface area contributed by atoms with E-state index in [0.29, 0.717) is 15.5 Å². The minimum atomic E-state index is -3.48. The zero-order chi connectivity index (χ0) is 16.1. The van der Waals surface area contributed by atoms with Gasteiger partial charge in [0.2, 0.25) is 0 Å². The predicted octanol–water partition coefficient (Wildman–Crippen LogP) is 1.26. The second-order valence-electron chi connectivity index (χ2n) is 5.06. The molecule has 0 saturated carbocycles. The van der Waals surface area contributed by atoms with Crippen LogP contribution in [0.2, 0.25) is 0 Å². The van der Waals surface area contributed by atoms with Gasteiger partial charge in [0.15, 0.2) is 15.6 Å². The number of ketones is 1. The van der Waals surface area contributed by atoms with E-state index in [-0.39, 0.29) is 11.3 Å². The quantitative estimate of drug-likeness (QED) is 0.757. The molecule has 114 valence electrons. The lowest BCUT2D eigenvalue weighted by molar-refractivity contribution is 0.0991. The predicted molar refractivity (Wildman–Crippen MR) is 84.5 cm³/mol. The van der Waals surface area contributed by atoms with E-state index >= 15 is 0 Å². The number of nitrogens with zero attached hydrogens (tertiary/aromatic N) is 2. The Kier molecular flexibility index (Phi) is 3.88. The number of hydrogen-bond acceptors (Lipinski definition) is 4. The van der Waals surface area contributed by atoms with Crippen LogP contribution < -0.4 is 5.69 Å². The first-order valence-corrected chi connectivity index (χ1v) is 8.88. The first kappa shape index (κ1) is 16.0. The van der Waals surface area contributed by atoms with Crippen LogP contribution in [0.4, 0.5) is 0 Å². The van der Waals surface area contributed by atoms with Gasteiger partial charge in [-0.1, -0.05) is 0 Å². The van der Waals surface area contributed by atoms with Gasteiger partial charge in [0.05, 0.1) is 11.0 Å². The Morgan fingerprint density at radius 3 is 2.14 bits per heavy atom. The zero-order valence-corrected chi connectivity index (χ0v) is 14.4. The number of carbonyl (C=O) groups is 1. The van der Waals surface area contributed by atoms with Gasteiger partial charge in [-0.2, -0.15) is 0 Å². The Morgan fingerprint density at radius 2 is 1.67 bits per heavy atom. The lowest BCUT2D eigenvalue weighted by Crippen LogP contribution is -2.26. The summed E-state index contributed by atoms with van der Waals surface area (Å²) in [7, 11) is -0.237. The smallest absolute Gasteiger partial charge is 0.295 e. The first-order valence-electron chi connectivity index (χ1n) is 6.13. The minimum absolute atomic E-state index is 0.210. The van der Waals surface area contributed by atoms with Crippen molar-refractivity contribution in [1.82, 2.24) is 9.13 Å². The van der Waals surface area contributed by atoms with Crippen LogP contribution >= 0.6 is 15.9 Å². The van der Waals surface area contributed by atoms with Crippen molar-refractivity contribution in [3.8, 4) is 0 Å². The number of benzene rings is 1. The molecule has 0 spiro atoms. The lowest BCUT2D eigenvalue weighted by atomic mass is 10.1. The topological polar surface area (TPSA) is 78.1 Å². The molecule has 0 N–H and O–H groups in total. The van der Waals surface area contributed by atoms with E-state index in [1.165, 1.54) is 16.1 Å². The van der Waals surface area contributed by atoms with E-state index in [1.54, 1.807) is 26.2 Å². The summed E-state index contributed by atoms with van der Waals surface area (Å²) in [6, 6.07) is 3.20. The van der Waals surface area contributed by atoms with Crippen molar-refractivity contribution < 1.29 is 13.2 Å². The van der Waals surface area contributed by atoms with Crippen LogP contribution in [0, 0.1) is 0 Å². The van der Waals surface area contributed by atoms with Crippen molar-refractivity contribution in [2.45, 2.75) is 12.2 Å². The van der Waals surface area contributed by atoms with Gasteiger partial charge in [-0.15, -0.1) is 0 Å². The SMILES string of the molecule is CC(C(=O)c1cc2c(cc1Br)n(C)c(=O)n2C)S(C)(=O)=O. The third-order valence-corrected chi connectivity index (χ3v) is 5.79. The van der Waals surface area contributed by atoms with Gasteiger partial charge in [-0.25, -0.2) is 13.2 Å². The number of fused-ring (bicyclic) bond motifs is 1. The molecule has 1 aromatic heterocycles. The molecule has 6 nitrogen and oxygen atoms in total. The molecule has 1 aromatic carbocycles. The Bertz CT molecular complexity index is 908. The summed E-state index contributed by atoms with van der Waals surface area (Å²) in [5.41, 5.74) is 1.28. The van der Waals surface area contributed by atoms with E-state index in [9.17, 15) is 18.0 Å². The summed E-state index contributed by atoms with van der Waals surface area (Å²) >= 11 is 3.28. The number of sulfone groups is 1. The molecule has 0 aliphatic carbocycles. The average molecular weight is 375 g/mol. The molecular formula is C13H15BrN2O4S. The fourth-order valence-corrected chi connectivity index (χ4v) is 3.16. The number of imidazole rings is 1. The molecule has 0 bridgehead atoms. The Labute approximate surface area is 130 Å². The molecular weight excluding hydrogens is 360 g/mol. The summed E-state index contributed by atoms with van der Waals surface area (Å²) in [5.74, 6) is -0.498. The highest BCUT2D eigenvalue weighted by molar-refractivity contribution is 9.10. The van der Waals surface area contributed by atoms with Crippen LogP contribution in [0.25, 0.3) is 11.0 Å². The molecule has 1 heterocycles. The summed E-state index contributed by atoms with van der Waals surface area (Å²) in [6.07, 6.45) is 1.03. The van der Waals surface area contributed by atoms with Crippen molar-refractivity contribution in [1.29, 1.82) is 0 Å². The van der Waals surface area contributed by atoms with Crippen molar-refractivity contribution in [2.75, 3.05) is 6.26 Å². The second kappa shape index (κ2) is 5.10. The van der Waals surface area contributed by atoms with E-state index in [2.05, 4.69) is 15.9 Å². The maximum Gasteiger partial charge on any atom is 0.328 e. The Morgan fingerprint density at radius 1 is 1.19 bits per heavy atom.